The van der Waals surface area contributed by atoms with Gasteiger partial charge in [0.1, 0.15) is 5.75 Å². The number of fused-ring (bicyclic) bond motifs is 1. The fourth-order valence-electron chi connectivity index (χ4n) is 2.32. The van der Waals surface area contributed by atoms with Gasteiger partial charge in [-0.05, 0) is 24.0 Å². The molecule has 1 aromatic rings. The Morgan fingerprint density at radius 2 is 2.20 bits per heavy atom. The maximum absolute atomic E-state index is 5.74. The van der Waals surface area contributed by atoms with Crippen LogP contribution < -0.4 is 4.74 Å². The van der Waals surface area contributed by atoms with Crippen molar-refractivity contribution in [3.63, 3.8) is 0 Å². The zero-order valence-corrected chi connectivity index (χ0v) is 10.8. The number of rotatable bonds is 2. The summed E-state index contributed by atoms with van der Waals surface area (Å²) in [4.78, 5) is 0.553. The van der Waals surface area contributed by atoms with Gasteiger partial charge in [0.15, 0.2) is 0 Å². The summed E-state index contributed by atoms with van der Waals surface area (Å²) >= 11 is 3.79. The molecule has 15 heavy (non-hydrogen) atoms. The van der Waals surface area contributed by atoms with E-state index in [1.807, 2.05) is 6.07 Å². The van der Waals surface area contributed by atoms with Gasteiger partial charge < -0.3 is 4.74 Å². The number of halogens is 1. The number of para-hydroxylation sites is 1. The minimum absolute atomic E-state index is 0.553. The molecule has 1 aromatic carbocycles. The van der Waals surface area contributed by atoms with Crippen molar-refractivity contribution in [2.24, 2.45) is 5.92 Å². The van der Waals surface area contributed by atoms with Crippen LogP contribution in [-0.2, 0) is 0 Å². The Balaban J connectivity index is 2.37. The van der Waals surface area contributed by atoms with E-state index >= 15 is 0 Å². The predicted octanol–water partition coefficient (Wildman–Crippen LogP) is 3.97. The number of ether oxygens (including phenoxy) is 1. The van der Waals surface area contributed by atoms with Gasteiger partial charge in [-0.1, -0.05) is 48.0 Å². The third-order valence-corrected chi connectivity index (χ3v) is 4.39. The molecule has 0 radical (unpaired) electrons. The SMILES string of the molecule is CCC(Br)C1c2ccccc2OCC1C. The summed E-state index contributed by atoms with van der Waals surface area (Å²) in [6.07, 6.45) is 1.16. The van der Waals surface area contributed by atoms with E-state index < -0.39 is 0 Å². The standard InChI is InChI=1S/C13H17BrO/c1-3-11(14)13-9(2)8-15-12-7-5-4-6-10(12)13/h4-7,9,11,13H,3,8H2,1-2H3. The molecule has 3 unspecified atom stereocenters. The molecule has 2 rings (SSSR count). The quantitative estimate of drug-likeness (QED) is 0.738. The highest BCUT2D eigenvalue weighted by atomic mass is 79.9. The molecule has 0 amide bonds. The summed E-state index contributed by atoms with van der Waals surface area (Å²) < 4.78 is 5.74. The van der Waals surface area contributed by atoms with Gasteiger partial charge in [-0.2, -0.15) is 0 Å². The number of hydrogen-bond acceptors (Lipinski definition) is 1. The molecule has 0 N–H and O–H groups in total. The van der Waals surface area contributed by atoms with Gasteiger partial charge in [0.25, 0.3) is 0 Å². The Morgan fingerprint density at radius 3 is 2.93 bits per heavy atom. The van der Waals surface area contributed by atoms with E-state index in [2.05, 4.69) is 48.0 Å². The van der Waals surface area contributed by atoms with Gasteiger partial charge in [0.2, 0.25) is 0 Å². The molecule has 3 atom stereocenters. The van der Waals surface area contributed by atoms with Crippen LogP contribution in [0.4, 0.5) is 0 Å². The van der Waals surface area contributed by atoms with E-state index in [0.717, 1.165) is 18.8 Å². The summed E-state index contributed by atoms with van der Waals surface area (Å²) in [7, 11) is 0. The highest BCUT2D eigenvalue weighted by Gasteiger charge is 2.31. The first-order chi connectivity index (χ1) is 7.24. The number of benzene rings is 1. The highest BCUT2D eigenvalue weighted by molar-refractivity contribution is 9.09. The molecular formula is C13H17BrO. The second-order valence-electron chi connectivity index (χ2n) is 4.28. The van der Waals surface area contributed by atoms with Crippen molar-refractivity contribution in [1.82, 2.24) is 0 Å². The molecule has 0 aromatic heterocycles. The second kappa shape index (κ2) is 4.56. The van der Waals surface area contributed by atoms with Crippen molar-refractivity contribution in [2.75, 3.05) is 6.61 Å². The van der Waals surface area contributed by atoms with Crippen molar-refractivity contribution < 1.29 is 4.74 Å². The average molecular weight is 269 g/mol. The van der Waals surface area contributed by atoms with Crippen LogP contribution in [0.25, 0.3) is 0 Å². The van der Waals surface area contributed by atoms with Crippen molar-refractivity contribution in [3.05, 3.63) is 29.8 Å². The molecule has 0 saturated carbocycles. The van der Waals surface area contributed by atoms with Crippen molar-refractivity contribution in [1.29, 1.82) is 0 Å². The third-order valence-electron chi connectivity index (χ3n) is 3.17. The lowest BCUT2D eigenvalue weighted by atomic mass is 9.82. The fourth-order valence-corrected chi connectivity index (χ4v) is 3.13. The molecule has 2 heteroatoms. The Labute approximate surface area is 100.0 Å². The van der Waals surface area contributed by atoms with Gasteiger partial charge in [-0.15, -0.1) is 0 Å². The minimum atomic E-state index is 0.553. The van der Waals surface area contributed by atoms with Crippen LogP contribution in [0.5, 0.6) is 5.75 Å². The summed E-state index contributed by atoms with van der Waals surface area (Å²) in [5.41, 5.74) is 1.36. The zero-order valence-electron chi connectivity index (χ0n) is 9.24. The molecule has 1 aliphatic rings. The first kappa shape index (κ1) is 11.0. The van der Waals surface area contributed by atoms with Crippen LogP contribution in [0.1, 0.15) is 31.7 Å². The lowest BCUT2D eigenvalue weighted by Gasteiger charge is -2.34. The van der Waals surface area contributed by atoms with Crippen LogP contribution in [-0.4, -0.2) is 11.4 Å². The number of hydrogen-bond donors (Lipinski definition) is 0. The summed E-state index contributed by atoms with van der Waals surface area (Å²) in [6, 6.07) is 8.41. The molecule has 0 spiro atoms. The van der Waals surface area contributed by atoms with E-state index in [1.54, 1.807) is 0 Å². The van der Waals surface area contributed by atoms with Crippen LogP contribution in [0.3, 0.4) is 0 Å². The molecule has 0 saturated heterocycles. The first-order valence-electron chi connectivity index (χ1n) is 5.59. The molecule has 0 aliphatic carbocycles. The van der Waals surface area contributed by atoms with Gasteiger partial charge >= 0.3 is 0 Å². The van der Waals surface area contributed by atoms with Crippen molar-refractivity contribution in [2.45, 2.75) is 31.0 Å². The van der Waals surface area contributed by atoms with Gasteiger partial charge in [0, 0.05) is 10.7 Å². The van der Waals surface area contributed by atoms with Gasteiger partial charge in [-0.3, -0.25) is 0 Å². The summed E-state index contributed by atoms with van der Waals surface area (Å²) in [5, 5.41) is 0. The predicted molar refractivity (Wildman–Crippen MR) is 66.8 cm³/mol. The maximum Gasteiger partial charge on any atom is 0.122 e. The first-order valence-corrected chi connectivity index (χ1v) is 6.51. The lowest BCUT2D eigenvalue weighted by molar-refractivity contribution is 0.203. The monoisotopic (exact) mass is 268 g/mol. The molecule has 0 fully saturated rings. The van der Waals surface area contributed by atoms with Crippen molar-refractivity contribution in [3.8, 4) is 5.75 Å². The van der Waals surface area contributed by atoms with Gasteiger partial charge in [0.05, 0.1) is 6.61 Å². The van der Waals surface area contributed by atoms with Crippen LogP contribution in [0, 0.1) is 5.92 Å². The van der Waals surface area contributed by atoms with Crippen LogP contribution in [0.2, 0.25) is 0 Å². The largest absolute Gasteiger partial charge is 0.493 e. The van der Waals surface area contributed by atoms with E-state index in [0.29, 0.717) is 16.7 Å². The molecule has 1 heterocycles. The fraction of sp³-hybridized carbons (Fsp3) is 0.538. The van der Waals surface area contributed by atoms with E-state index in [9.17, 15) is 0 Å². The topological polar surface area (TPSA) is 9.23 Å². The Hall–Kier alpha value is -0.500. The zero-order chi connectivity index (χ0) is 10.8. The minimum Gasteiger partial charge on any atom is -0.493 e. The van der Waals surface area contributed by atoms with E-state index in [4.69, 9.17) is 4.74 Å². The Bertz CT molecular complexity index is 337. The second-order valence-corrected chi connectivity index (χ2v) is 5.45. The van der Waals surface area contributed by atoms with Gasteiger partial charge in [-0.25, -0.2) is 0 Å². The lowest BCUT2D eigenvalue weighted by Crippen LogP contribution is -2.29. The number of alkyl halides is 1. The van der Waals surface area contributed by atoms with E-state index in [1.165, 1.54) is 5.56 Å². The third kappa shape index (κ3) is 2.05. The molecule has 82 valence electrons. The normalized spacial score (nSPS) is 26.6. The molecular weight excluding hydrogens is 252 g/mol. The highest BCUT2D eigenvalue weighted by Crippen LogP contribution is 2.42. The summed E-state index contributed by atoms with van der Waals surface area (Å²) in [5.74, 6) is 2.24. The van der Waals surface area contributed by atoms with Crippen molar-refractivity contribution >= 4 is 15.9 Å². The van der Waals surface area contributed by atoms with Crippen LogP contribution >= 0.6 is 15.9 Å². The maximum atomic E-state index is 5.74. The average Bonchev–Trinajstić information content (AvgIpc) is 2.28. The van der Waals surface area contributed by atoms with E-state index in [-0.39, 0.29) is 0 Å². The smallest absolute Gasteiger partial charge is 0.122 e. The molecule has 1 aliphatic heterocycles. The summed E-state index contributed by atoms with van der Waals surface area (Å²) in [6.45, 7) is 5.33. The Morgan fingerprint density at radius 1 is 1.47 bits per heavy atom. The van der Waals surface area contributed by atoms with Crippen LogP contribution in [0.15, 0.2) is 24.3 Å². The molecule has 1 nitrogen and oxygen atoms in total. The Kier molecular flexibility index (Phi) is 3.35. The molecule has 0 bridgehead atoms.